The van der Waals surface area contributed by atoms with Gasteiger partial charge in [-0.1, -0.05) is 31.2 Å². The summed E-state index contributed by atoms with van der Waals surface area (Å²) in [5.74, 6) is 0.912. The van der Waals surface area contributed by atoms with E-state index in [4.69, 9.17) is 26.1 Å². The quantitative estimate of drug-likeness (QED) is 0.554. The molecule has 138 valence electrons. The van der Waals surface area contributed by atoms with E-state index in [-0.39, 0.29) is 0 Å². The summed E-state index contributed by atoms with van der Waals surface area (Å²) in [6.07, 6.45) is 2.00. The number of rotatable bonds is 6. The van der Waals surface area contributed by atoms with Crippen molar-refractivity contribution in [1.82, 2.24) is 9.55 Å². The van der Waals surface area contributed by atoms with Crippen molar-refractivity contribution in [2.24, 2.45) is 0 Å². The Morgan fingerprint density at radius 3 is 2.92 bits per heavy atom. The third-order valence-corrected chi connectivity index (χ3v) is 6.57. The molecule has 0 aromatic carbocycles. The second kappa shape index (κ2) is 7.66. The van der Waals surface area contributed by atoms with Crippen LogP contribution in [0.4, 0.5) is 5.82 Å². The number of hydrogen-bond donors (Lipinski definition) is 0. The van der Waals surface area contributed by atoms with Gasteiger partial charge in [0.15, 0.2) is 0 Å². The third kappa shape index (κ3) is 4.56. The molecule has 0 unspecified atom stereocenters. The Morgan fingerprint density at radius 2 is 2.20 bits per heavy atom. The van der Waals surface area contributed by atoms with Crippen LogP contribution in [-0.2, 0) is 16.2 Å². The Bertz CT molecular complexity index is 729. The minimum atomic E-state index is -1.07. The van der Waals surface area contributed by atoms with E-state index >= 15 is 0 Å². The maximum absolute atomic E-state index is 6.52. The maximum atomic E-state index is 6.52. The Labute approximate surface area is 155 Å². The molecule has 1 fully saturated rings. The molecule has 25 heavy (non-hydrogen) atoms. The average molecular weight is 382 g/mol. The monoisotopic (exact) mass is 381 g/mol. The minimum Gasteiger partial charge on any atom is -0.377 e. The molecule has 2 aromatic rings. The van der Waals surface area contributed by atoms with Crippen LogP contribution in [0.15, 0.2) is 18.3 Å². The summed E-state index contributed by atoms with van der Waals surface area (Å²) in [7, 11) is -1.07. The number of ether oxygens (including phenoxy) is 2. The standard InChI is InChI=1S/C18H28ClN3O2Si/c1-14-12-23-8-7-22(14)17-11-16(19)15-5-6-21(18(15)20-17)13-24-9-10-25(2,3)4/h5-6,11,14H,7-10,12-13H2,1-4H3/t14-/m1/s1. The number of aromatic nitrogens is 2. The maximum Gasteiger partial charge on any atom is 0.145 e. The zero-order valence-electron chi connectivity index (χ0n) is 15.6. The van der Waals surface area contributed by atoms with Crippen LogP contribution in [0.3, 0.4) is 0 Å². The molecule has 7 heteroatoms. The molecule has 0 aliphatic carbocycles. The second-order valence-corrected chi connectivity index (χ2v) is 14.0. The van der Waals surface area contributed by atoms with Crippen LogP contribution in [0.5, 0.6) is 0 Å². The van der Waals surface area contributed by atoms with Crippen molar-refractivity contribution in [3.63, 3.8) is 0 Å². The Hall–Kier alpha value is -1.08. The molecule has 5 nitrogen and oxygen atoms in total. The number of hydrogen-bond acceptors (Lipinski definition) is 4. The Kier molecular flexibility index (Phi) is 5.73. The van der Waals surface area contributed by atoms with Crippen molar-refractivity contribution in [3.8, 4) is 0 Å². The third-order valence-electron chi connectivity index (χ3n) is 4.56. The smallest absolute Gasteiger partial charge is 0.145 e. The molecule has 0 radical (unpaired) electrons. The Balaban J connectivity index is 1.78. The van der Waals surface area contributed by atoms with E-state index in [1.54, 1.807) is 0 Å². The highest BCUT2D eigenvalue weighted by atomic mass is 35.5. The summed E-state index contributed by atoms with van der Waals surface area (Å²) in [5.41, 5.74) is 0.884. The first-order valence-electron chi connectivity index (χ1n) is 8.93. The van der Waals surface area contributed by atoms with Gasteiger partial charge in [0.1, 0.15) is 18.2 Å². The van der Waals surface area contributed by atoms with Gasteiger partial charge in [-0.05, 0) is 19.0 Å². The average Bonchev–Trinajstić information content (AvgIpc) is 2.95. The van der Waals surface area contributed by atoms with Crippen molar-refractivity contribution in [3.05, 3.63) is 23.4 Å². The van der Waals surface area contributed by atoms with Crippen LogP contribution < -0.4 is 4.90 Å². The van der Waals surface area contributed by atoms with Gasteiger partial charge in [0.05, 0.1) is 24.3 Å². The summed E-state index contributed by atoms with van der Waals surface area (Å²) in [6, 6.07) is 5.43. The Morgan fingerprint density at radius 1 is 1.40 bits per heavy atom. The van der Waals surface area contributed by atoms with Crippen LogP contribution in [0.1, 0.15) is 6.92 Å². The fraction of sp³-hybridized carbons (Fsp3) is 0.611. The highest BCUT2D eigenvalue weighted by Crippen LogP contribution is 2.29. The summed E-state index contributed by atoms with van der Waals surface area (Å²) >= 11 is 6.52. The molecular weight excluding hydrogens is 354 g/mol. The van der Waals surface area contributed by atoms with E-state index in [1.807, 2.05) is 22.9 Å². The fourth-order valence-electron chi connectivity index (χ4n) is 2.97. The lowest BCUT2D eigenvalue weighted by Crippen LogP contribution is -2.44. The minimum absolute atomic E-state index is 0.297. The molecule has 3 heterocycles. The molecule has 0 N–H and O–H groups in total. The highest BCUT2D eigenvalue weighted by Gasteiger charge is 2.22. The summed E-state index contributed by atoms with van der Waals surface area (Å²) < 4.78 is 13.5. The van der Waals surface area contributed by atoms with Crippen LogP contribution in [-0.4, -0.2) is 50.0 Å². The number of fused-ring (bicyclic) bond motifs is 1. The van der Waals surface area contributed by atoms with Gasteiger partial charge in [-0.3, -0.25) is 0 Å². The van der Waals surface area contributed by atoms with E-state index in [0.29, 0.717) is 12.8 Å². The zero-order chi connectivity index (χ0) is 18.0. The highest BCUT2D eigenvalue weighted by molar-refractivity contribution is 6.76. The van der Waals surface area contributed by atoms with E-state index in [9.17, 15) is 0 Å². The first kappa shape index (κ1) is 18.7. The lowest BCUT2D eigenvalue weighted by atomic mass is 10.2. The summed E-state index contributed by atoms with van der Waals surface area (Å²) in [6.45, 7) is 12.8. The van der Waals surface area contributed by atoms with Crippen molar-refractivity contribution in [1.29, 1.82) is 0 Å². The molecule has 1 aliphatic heterocycles. The predicted molar refractivity (Wildman–Crippen MR) is 106 cm³/mol. The molecule has 1 saturated heterocycles. The molecule has 3 rings (SSSR count). The fourth-order valence-corrected chi connectivity index (χ4v) is 3.97. The van der Waals surface area contributed by atoms with Crippen LogP contribution in [0, 0.1) is 0 Å². The molecule has 0 spiro atoms. The van der Waals surface area contributed by atoms with Gasteiger partial charge in [-0.25, -0.2) is 4.98 Å². The van der Waals surface area contributed by atoms with Gasteiger partial charge in [-0.2, -0.15) is 0 Å². The van der Waals surface area contributed by atoms with Gasteiger partial charge >= 0.3 is 0 Å². The molecule has 0 amide bonds. The lowest BCUT2D eigenvalue weighted by Gasteiger charge is -2.34. The summed E-state index contributed by atoms with van der Waals surface area (Å²) in [5, 5.41) is 1.71. The van der Waals surface area contributed by atoms with E-state index in [2.05, 4.69) is 31.5 Å². The normalized spacial score (nSPS) is 18.9. The zero-order valence-corrected chi connectivity index (χ0v) is 17.3. The largest absolute Gasteiger partial charge is 0.377 e. The number of anilines is 1. The SMILES string of the molecule is C[C@@H]1COCCN1c1cc(Cl)c2ccn(COCC[Si](C)(C)C)c2n1. The number of nitrogens with zero attached hydrogens (tertiary/aromatic N) is 3. The van der Waals surface area contributed by atoms with Crippen molar-refractivity contribution >= 4 is 36.5 Å². The van der Waals surface area contributed by atoms with Crippen molar-refractivity contribution < 1.29 is 9.47 Å². The molecule has 1 atom stereocenters. The number of pyridine rings is 1. The molecular formula is C18H28ClN3O2Si. The first-order chi connectivity index (χ1) is 11.8. The van der Waals surface area contributed by atoms with Gasteiger partial charge in [-0.15, -0.1) is 0 Å². The topological polar surface area (TPSA) is 39.5 Å². The summed E-state index contributed by atoms with van der Waals surface area (Å²) in [4.78, 5) is 7.14. The molecule has 0 bridgehead atoms. The van der Waals surface area contributed by atoms with E-state index < -0.39 is 8.07 Å². The molecule has 0 saturated carbocycles. The molecule has 2 aromatic heterocycles. The predicted octanol–water partition coefficient (Wildman–Crippen LogP) is 4.23. The first-order valence-corrected chi connectivity index (χ1v) is 13.0. The van der Waals surface area contributed by atoms with Crippen LogP contribution >= 0.6 is 11.6 Å². The van der Waals surface area contributed by atoms with E-state index in [0.717, 1.165) is 54.3 Å². The lowest BCUT2D eigenvalue weighted by molar-refractivity contribution is 0.0898. The van der Waals surface area contributed by atoms with Gasteiger partial charge in [0.25, 0.3) is 0 Å². The molecule has 1 aliphatic rings. The van der Waals surface area contributed by atoms with Crippen LogP contribution in [0.2, 0.25) is 30.7 Å². The number of halogens is 1. The van der Waals surface area contributed by atoms with Gasteiger partial charge in [0.2, 0.25) is 0 Å². The van der Waals surface area contributed by atoms with Crippen molar-refractivity contribution in [2.45, 2.75) is 45.4 Å². The van der Waals surface area contributed by atoms with Gasteiger partial charge < -0.3 is 18.9 Å². The van der Waals surface area contributed by atoms with E-state index in [1.165, 1.54) is 0 Å². The second-order valence-electron chi connectivity index (χ2n) is 7.95. The van der Waals surface area contributed by atoms with Crippen LogP contribution in [0.25, 0.3) is 11.0 Å². The van der Waals surface area contributed by atoms with Crippen molar-refractivity contribution in [2.75, 3.05) is 31.3 Å². The van der Waals surface area contributed by atoms with Gasteiger partial charge in [0, 0.05) is 38.9 Å². The number of morpholine rings is 1.